The van der Waals surface area contributed by atoms with E-state index in [0.29, 0.717) is 22.9 Å². The number of hydrogen-bond acceptors (Lipinski definition) is 3. The van der Waals surface area contributed by atoms with Crippen LogP contribution in [0.25, 0.3) is 0 Å². The molecule has 0 atom stereocenters. The number of carbonyl (C=O) groups excluding carboxylic acids is 1. The molecule has 2 aromatic rings. The van der Waals surface area contributed by atoms with Crippen molar-refractivity contribution in [3.8, 4) is 11.5 Å². The number of amides is 1. The number of hydrogen-bond donors (Lipinski definition) is 1. The van der Waals surface area contributed by atoms with Gasteiger partial charge in [-0.05, 0) is 35.9 Å². The fourth-order valence-corrected chi connectivity index (χ4v) is 2.88. The van der Waals surface area contributed by atoms with Gasteiger partial charge in [0.25, 0.3) is 5.91 Å². The number of halogens is 2. The Kier molecular flexibility index (Phi) is 4.03. The summed E-state index contributed by atoms with van der Waals surface area (Å²) in [6.07, 6.45) is 0. The van der Waals surface area contributed by atoms with Crippen LogP contribution in [0.2, 0.25) is 5.02 Å². The number of fused-ring (bicyclic) bond motifs is 1. The average molecular weight is 369 g/mol. The molecule has 0 spiro atoms. The maximum absolute atomic E-state index is 12.1. The SMILES string of the molecule is O=C(NCc1ccc2c(c1)OCO2)c1cc(Cl)cc(Br)c1. The second kappa shape index (κ2) is 5.95. The normalized spacial score (nSPS) is 12.3. The van der Waals surface area contributed by atoms with Crippen LogP contribution in [0.3, 0.4) is 0 Å². The van der Waals surface area contributed by atoms with Gasteiger partial charge in [-0.15, -0.1) is 0 Å². The van der Waals surface area contributed by atoms with Crippen LogP contribution < -0.4 is 14.8 Å². The molecule has 2 aromatic carbocycles. The highest BCUT2D eigenvalue weighted by atomic mass is 79.9. The first-order chi connectivity index (χ1) is 10.1. The molecule has 0 aliphatic carbocycles. The summed E-state index contributed by atoms with van der Waals surface area (Å²) >= 11 is 9.25. The van der Waals surface area contributed by atoms with E-state index in [0.717, 1.165) is 15.8 Å². The molecule has 0 fully saturated rings. The fraction of sp³-hybridized carbons (Fsp3) is 0.133. The second-order valence-corrected chi connectivity index (χ2v) is 5.88. The summed E-state index contributed by atoms with van der Waals surface area (Å²) in [4.78, 5) is 12.1. The third kappa shape index (κ3) is 3.31. The van der Waals surface area contributed by atoms with Crippen molar-refractivity contribution >= 4 is 33.4 Å². The van der Waals surface area contributed by atoms with Crippen LogP contribution in [0.1, 0.15) is 15.9 Å². The minimum atomic E-state index is -0.184. The number of ether oxygens (including phenoxy) is 2. The van der Waals surface area contributed by atoms with Crippen LogP contribution in [0.15, 0.2) is 40.9 Å². The molecule has 3 rings (SSSR count). The van der Waals surface area contributed by atoms with E-state index in [1.54, 1.807) is 18.2 Å². The first kappa shape index (κ1) is 14.2. The van der Waals surface area contributed by atoms with Gasteiger partial charge in [-0.1, -0.05) is 33.6 Å². The highest BCUT2D eigenvalue weighted by Crippen LogP contribution is 2.32. The number of carbonyl (C=O) groups is 1. The summed E-state index contributed by atoms with van der Waals surface area (Å²) in [5.41, 5.74) is 1.45. The van der Waals surface area contributed by atoms with Crippen LogP contribution in [0.5, 0.6) is 11.5 Å². The van der Waals surface area contributed by atoms with E-state index in [1.807, 2.05) is 18.2 Å². The summed E-state index contributed by atoms with van der Waals surface area (Å²) < 4.78 is 11.3. The van der Waals surface area contributed by atoms with Gasteiger partial charge in [-0.2, -0.15) is 0 Å². The molecule has 1 amide bonds. The summed E-state index contributed by atoms with van der Waals surface area (Å²) in [5, 5.41) is 3.36. The summed E-state index contributed by atoms with van der Waals surface area (Å²) in [5.74, 6) is 1.24. The number of rotatable bonds is 3. The summed E-state index contributed by atoms with van der Waals surface area (Å²) in [6.45, 7) is 0.640. The van der Waals surface area contributed by atoms with Gasteiger partial charge >= 0.3 is 0 Å². The van der Waals surface area contributed by atoms with Crippen molar-refractivity contribution in [2.24, 2.45) is 0 Å². The van der Waals surface area contributed by atoms with Gasteiger partial charge < -0.3 is 14.8 Å². The van der Waals surface area contributed by atoms with Crippen molar-refractivity contribution in [2.45, 2.75) is 6.54 Å². The van der Waals surface area contributed by atoms with Crippen molar-refractivity contribution in [1.82, 2.24) is 5.32 Å². The molecule has 6 heteroatoms. The van der Waals surface area contributed by atoms with Gasteiger partial charge in [0.1, 0.15) is 0 Å². The predicted octanol–water partition coefficient (Wildman–Crippen LogP) is 3.76. The maximum atomic E-state index is 12.1. The highest BCUT2D eigenvalue weighted by Gasteiger charge is 2.14. The Balaban J connectivity index is 1.68. The van der Waals surface area contributed by atoms with Gasteiger partial charge in [-0.3, -0.25) is 4.79 Å². The third-order valence-corrected chi connectivity index (χ3v) is 3.69. The van der Waals surface area contributed by atoms with Crippen LogP contribution >= 0.6 is 27.5 Å². The Bertz CT molecular complexity index is 685. The molecule has 0 radical (unpaired) electrons. The van der Waals surface area contributed by atoms with E-state index < -0.39 is 0 Å². The van der Waals surface area contributed by atoms with Crippen molar-refractivity contribution in [1.29, 1.82) is 0 Å². The quantitative estimate of drug-likeness (QED) is 0.897. The Morgan fingerprint density at radius 3 is 2.81 bits per heavy atom. The van der Waals surface area contributed by atoms with Crippen molar-refractivity contribution in [3.05, 3.63) is 57.0 Å². The fourth-order valence-electron chi connectivity index (χ4n) is 2.02. The van der Waals surface area contributed by atoms with E-state index in [-0.39, 0.29) is 12.7 Å². The van der Waals surface area contributed by atoms with Gasteiger partial charge in [0.05, 0.1) is 0 Å². The number of benzene rings is 2. The lowest BCUT2D eigenvalue weighted by molar-refractivity contribution is 0.0950. The molecule has 0 bridgehead atoms. The molecular formula is C15H11BrClNO3. The lowest BCUT2D eigenvalue weighted by atomic mass is 10.2. The maximum Gasteiger partial charge on any atom is 0.251 e. The Hall–Kier alpha value is -1.72. The molecule has 1 heterocycles. The van der Waals surface area contributed by atoms with E-state index in [4.69, 9.17) is 21.1 Å². The molecule has 1 aliphatic heterocycles. The van der Waals surface area contributed by atoms with Crippen molar-refractivity contribution in [2.75, 3.05) is 6.79 Å². The van der Waals surface area contributed by atoms with Crippen LogP contribution in [0.4, 0.5) is 0 Å². The van der Waals surface area contributed by atoms with Crippen LogP contribution in [-0.2, 0) is 6.54 Å². The minimum Gasteiger partial charge on any atom is -0.454 e. The molecule has 0 saturated heterocycles. The first-order valence-electron chi connectivity index (χ1n) is 6.24. The van der Waals surface area contributed by atoms with E-state index in [1.165, 1.54) is 0 Å². The number of nitrogens with one attached hydrogen (secondary N) is 1. The van der Waals surface area contributed by atoms with Crippen LogP contribution in [-0.4, -0.2) is 12.7 Å². The van der Waals surface area contributed by atoms with Crippen molar-refractivity contribution < 1.29 is 14.3 Å². The lowest BCUT2D eigenvalue weighted by Crippen LogP contribution is -2.22. The Morgan fingerprint density at radius 1 is 1.19 bits per heavy atom. The van der Waals surface area contributed by atoms with Gasteiger partial charge in [0, 0.05) is 21.6 Å². The van der Waals surface area contributed by atoms with Gasteiger partial charge in [0.15, 0.2) is 11.5 Å². The zero-order valence-corrected chi connectivity index (χ0v) is 13.2. The molecule has 21 heavy (non-hydrogen) atoms. The predicted molar refractivity (Wildman–Crippen MR) is 82.9 cm³/mol. The molecule has 0 saturated carbocycles. The topological polar surface area (TPSA) is 47.6 Å². The second-order valence-electron chi connectivity index (χ2n) is 4.53. The molecule has 1 N–H and O–H groups in total. The molecular weight excluding hydrogens is 358 g/mol. The average Bonchev–Trinajstić information content (AvgIpc) is 2.91. The van der Waals surface area contributed by atoms with E-state index in [2.05, 4.69) is 21.2 Å². The van der Waals surface area contributed by atoms with Gasteiger partial charge in [0.2, 0.25) is 6.79 Å². The molecule has 4 nitrogen and oxygen atoms in total. The molecule has 0 aromatic heterocycles. The smallest absolute Gasteiger partial charge is 0.251 e. The van der Waals surface area contributed by atoms with Crippen molar-refractivity contribution in [3.63, 3.8) is 0 Å². The minimum absolute atomic E-state index is 0.184. The third-order valence-electron chi connectivity index (χ3n) is 3.01. The zero-order valence-electron chi connectivity index (χ0n) is 10.9. The zero-order chi connectivity index (χ0) is 14.8. The molecule has 108 valence electrons. The molecule has 1 aliphatic rings. The lowest BCUT2D eigenvalue weighted by Gasteiger charge is -2.07. The van der Waals surface area contributed by atoms with E-state index in [9.17, 15) is 4.79 Å². The van der Waals surface area contributed by atoms with Crippen LogP contribution in [0, 0.1) is 0 Å². The molecule has 0 unspecified atom stereocenters. The highest BCUT2D eigenvalue weighted by molar-refractivity contribution is 9.10. The summed E-state index contributed by atoms with van der Waals surface area (Å²) in [7, 11) is 0. The van der Waals surface area contributed by atoms with E-state index >= 15 is 0 Å². The Labute approximate surface area is 135 Å². The van der Waals surface area contributed by atoms with Gasteiger partial charge in [-0.25, -0.2) is 0 Å². The monoisotopic (exact) mass is 367 g/mol. The Morgan fingerprint density at radius 2 is 2.00 bits per heavy atom. The first-order valence-corrected chi connectivity index (χ1v) is 7.42. The standard InChI is InChI=1S/C15H11BrClNO3/c16-11-4-10(5-12(17)6-11)15(19)18-7-9-1-2-13-14(3-9)21-8-20-13/h1-6H,7-8H2,(H,18,19). The summed E-state index contributed by atoms with van der Waals surface area (Å²) in [6, 6.07) is 10.7. The largest absolute Gasteiger partial charge is 0.454 e.